The van der Waals surface area contributed by atoms with Crippen molar-refractivity contribution in [2.24, 2.45) is 0 Å². The first kappa shape index (κ1) is 14.0. The molecule has 0 aliphatic carbocycles. The van der Waals surface area contributed by atoms with Crippen molar-refractivity contribution in [3.63, 3.8) is 0 Å². The fourth-order valence-electron chi connectivity index (χ4n) is 2.01. The molecule has 1 aromatic rings. The maximum Gasteiger partial charge on any atom is 0.495 e. The molecule has 98 valence electrons. The third-order valence-corrected chi connectivity index (χ3v) is 4.70. The SMILES string of the molecule is CSc1ccc(C)cc1B1OC(C)(C)C(C)(C)O1. The van der Waals surface area contributed by atoms with Gasteiger partial charge >= 0.3 is 7.12 Å². The zero-order valence-electron chi connectivity index (χ0n) is 12.0. The Labute approximate surface area is 115 Å². The number of hydrogen-bond donors (Lipinski definition) is 0. The summed E-state index contributed by atoms with van der Waals surface area (Å²) >= 11 is 1.73. The zero-order chi connectivity index (χ0) is 13.6. The molecule has 0 radical (unpaired) electrons. The molecule has 0 atom stereocenters. The normalized spacial score (nSPS) is 21.3. The van der Waals surface area contributed by atoms with Gasteiger partial charge in [-0.2, -0.15) is 0 Å². The van der Waals surface area contributed by atoms with Crippen molar-refractivity contribution >= 4 is 24.3 Å². The van der Waals surface area contributed by atoms with Crippen LogP contribution in [-0.4, -0.2) is 24.6 Å². The minimum Gasteiger partial charge on any atom is -0.399 e. The van der Waals surface area contributed by atoms with Gasteiger partial charge in [0, 0.05) is 4.90 Å². The van der Waals surface area contributed by atoms with E-state index < -0.39 is 0 Å². The van der Waals surface area contributed by atoms with Crippen molar-refractivity contribution in [2.45, 2.75) is 50.7 Å². The van der Waals surface area contributed by atoms with Crippen LogP contribution in [0, 0.1) is 6.92 Å². The fourth-order valence-corrected chi connectivity index (χ4v) is 2.60. The van der Waals surface area contributed by atoms with Crippen LogP contribution in [0.2, 0.25) is 0 Å². The van der Waals surface area contributed by atoms with Gasteiger partial charge in [-0.05, 0) is 52.4 Å². The summed E-state index contributed by atoms with van der Waals surface area (Å²) in [5.41, 5.74) is 1.81. The number of aryl methyl sites for hydroxylation is 1. The molecule has 0 saturated carbocycles. The third kappa shape index (κ3) is 2.34. The summed E-state index contributed by atoms with van der Waals surface area (Å²) in [5.74, 6) is 0. The zero-order valence-corrected chi connectivity index (χ0v) is 12.9. The average Bonchev–Trinajstić information content (AvgIpc) is 2.48. The molecule has 0 spiro atoms. The first-order valence-electron chi connectivity index (χ1n) is 6.27. The average molecular weight is 264 g/mol. The lowest BCUT2D eigenvalue weighted by Gasteiger charge is -2.32. The monoisotopic (exact) mass is 264 g/mol. The number of hydrogen-bond acceptors (Lipinski definition) is 3. The van der Waals surface area contributed by atoms with Gasteiger partial charge < -0.3 is 9.31 Å². The Kier molecular flexibility index (Phi) is 3.56. The van der Waals surface area contributed by atoms with E-state index in [9.17, 15) is 0 Å². The highest BCUT2D eigenvalue weighted by atomic mass is 32.2. The van der Waals surface area contributed by atoms with Crippen LogP contribution in [0.1, 0.15) is 33.3 Å². The molecule has 4 heteroatoms. The van der Waals surface area contributed by atoms with E-state index in [1.807, 2.05) is 0 Å². The largest absolute Gasteiger partial charge is 0.495 e. The van der Waals surface area contributed by atoms with Crippen LogP contribution in [0.3, 0.4) is 0 Å². The quantitative estimate of drug-likeness (QED) is 0.604. The number of thioether (sulfide) groups is 1. The molecule has 0 unspecified atom stereocenters. The lowest BCUT2D eigenvalue weighted by molar-refractivity contribution is 0.00578. The molecule has 1 fully saturated rings. The molecule has 18 heavy (non-hydrogen) atoms. The van der Waals surface area contributed by atoms with Gasteiger partial charge in [-0.15, -0.1) is 11.8 Å². The highest BCUT2D eigenvalue weighted by Crippen LogP contribution is 2.37. The second-order valence-electron chi connectivity index (χ2n) is 5.83. The molecule has 1 aliphatic heterocycles. The van der Waals surface area contributed by atoms with Crippen molar-refractivity contribution in [3.8, 4) is 0 Å². The van der Waals surface area contributed by atoms with Gasteiger partial charge in [0.1, 0.15) is 0 Å². The minimum atomic E-state index is -0.281. The van der Waals surface area contributed by atoms with E-state index >= 15 is 0 Å². The summed E-state index contributed by atoms with van der Waals surface area (Å²) in [7, 11) is -0.266. The topological polar surface area (TPSA) is 18.5 Å². The summed E-state index contributed by atoms with van der Waals surface area (Å²) in [6.07, 6.45) is 2.08. The highest BCUT2D eigenvalue weighted by Gasteiger charge is 2.52. The van der Waals surface area contributed by atoms with Crippen molar-refractivity contribution < 1.29 is 9.31 Å². The van der Waals surface area contributed by atoms with Crippen molar-refractivity contribution in [1.82, 2.24) is 0 Å². The summed E-state index contributed by atoms with van der Waals surface area (Å²) in [5, 5.41) is 0. The van der Waals surface area contributed by atoms with E-state index in [0.29, 0.717) is 0 Å². The molecule has 1 saturated heterocycles. The molecule has 0 aromatic heterocycles. The second kappa shape index (κ2) is 4.59. The summed E-state index contributed by atoms with van der Waals surface area (Å²) in [4.78, 5) is 1.22. The van der Waals surface area contributed by atoms with Crippen LogP contribution in [0.15, 0.2) is 23.1 Å². The summed E-state index contributed by atoms with van der Waals surface area (Å²) in [6.45, 7) is 10.4. The minimum absolute atomic E-state index is 0.266. The maximum absolute atomic E-state index is 6.11. The van der Waals surface area contributed by atoms with Gasteiger partial charge in [-0.3, -0.25) is 0 Å². The molecule has 0 amide bonds. The smallest absolute Gasteiger partial charge is 0.399 e. The van der Waals surface area contributed by atoms with Gasteiger partial charge in [0.15, 0.2) is 0 Å². The first-order chi connectivity index (χ1) is 8.27. The van der Waals surface area contributed by atoms with Crippen molar-refractivity contribution in [3.05, 3.63) is 23.8 Å². The summed E-state index contributed by atoms with van der Waals surface area (Å²) in [6, 6.07) is 6.43. The molecule has 1 heterocycles. The predicted octanol–water partition coefficient (Wildman–Crippen LogP) is 3.02. The lowest BCUT2D eigenvalue weighted by Crippen LogP contribution is -2.41. The third-order valence-electron chi connectivity index (χ3n) is 3.89. The molecular formula is C14H21BO2S. The standard InChI is InChI=1S/C14H21BO2S/c1-10-7-8-12(18-6)11(9-10)15-16-13(2,3)14(4,5)17-15/h7-9H,1-6H3. The number of rotatable bonds is 2. The Bertz CT molecular complexity index is 441. The van der Waals surface area contributed by atoms with Crippen LogP contribution in [-0.2, 0) is 9.31 Å². The molecule has 2 nitrogen and oxygen atoms in total. The van der Waals surface area contributed by atoms with Gasteiger partial charge in [0.25, 0.3) is 0 Å². The van der Waals surface area contributed by atoms with Gasteiger partial charge in [-0.25, -0.2) is 0 Å². The van der Waals surface area contributed by atoms with E-state index in [0.717, 1.165) is 5.46 Å². The Hall–Kier alpha value is -0.445. The van der Waals surface area contributed by atoms with E-state index in [1.54, 1.807) is 11.8 Å². The van der Waals surface area contributed by atoms with Crippen LogP contribution in [0.4, 0.5) is 0 Å². The molecule has 1 aliphatic rings. The molecule has 2 rings (SSSR count). The Morgan fingerprint density at radius 2 is 1.61 bits per heavy atom. The molecule has 1 aromatic carbocycles. The van der Waals surface area contributed by atoms with Crippen LogP contribution < -0.4 is 5.46 Å². The van der Waals surface area contributed by atoms with Crippen LogP contribution in [0.25, 0.3) is 0 Å². The van der Waals surface area contributed by atoms with E-state index in [2.05, 4.69) is 59.1 Å². The van der Waals surface area contributed by atoms with Gasteiger partial charge in [0.2, 0.25) is 0 Å². The second-order valence-corrected chi connectivity index (χ2v) is 6.68. The Morgan fingerprint density at radius 1 is 1.06 bits per heavy atom. The van der Waals surface area contributed by atoms with Gasteiger partial charge in [0.05, 0.1) is 11.2 Å². The lowest BCUT2D eigenvalue weighted by atomic mass is 9.78. The summed E-state index contributed by atoms with van der Waals surface area (Å²) < 4.78 is 12.2. The fraction of sp³-hybridized carbons (Fsp3) is 0.571. The first-order valence-corrected chi connectivity index (χ1v) is 7.49. The van der Waals surface area contributed by atoms with E-state index in [1.165, 1.54) is 10.5 Å². The predicted molar refractivity (Wildman–Crippen MR) is 78.7 cm³/mol. The van der Waals surface area contributed by atoms with Crippen molar-refractivity contribution in [2.75, 3.05) is 6.26 Å². The van der Waals surface area contributed by atoms with E-state index in [4.69, 9.17) is 9.31 Å². The number of benzene rings is 1. The maximum atomic E-state index is 6.11. The Morgan fingerprint density at radius 3 is 2.11 bits per heavy atom. The molecular weight excluding hydrogens is 243 g/mol. The highest BCUT2D eigenvalue weighted by molar-refractivity contribution is 7.98. The Balaban J connectivity index is 2.37. The van der Waals surface area contributed by atoms with Gasteiger partial charge in [-0.1, -0.05) is 17.7 Å². The molecule has 0 bridgehead atoms. The van der Waals surface area contributed by atoms with Crippen molar-refractivity contribution in [1.29, 1.82) is 0 Å². The van der Waals surface area contributed by atoms with E-state index in [-0.39, 0.29) is 18.3 Å². The van der Waals surface area contributed by atoms with Crippen LogP contribution >= 0.6 is 11.8 Å². The van der Waals surface area contributed by atoms with Crippen LogP contribution in [0.5, 0.6) is 0 Å². The molecule has 0 N–H and O–H groups in total.